The number of hydrogen-bond donors (Lipinski definition) is 0. The second-order valence-electron chi connectivity index (χ2n) is 5.58. The molecule has 1 heteroatoms. The maximum absolute atomic E-state index is 5.93. The van der Waals surface area contributed by atoms with Gasteiger partial charge in [0.15, 0.2) is 0 Å². The Morgan fingerprint density at radius 2 is 1.13 bits per heavy atom. The Labute approximate surface area is 141 Å². The van der Waals surface area contributed by atoms with Crippen molar-refractivity contribution in [1.82, 2.24) is 0 Å². The summed E-state index contributed by atoms with van der Waals surface area (Å²) in [7, 11) is 0. The molecule has 0 aliphatic heterocycles. The van der Waals surface area contributed by atoms with E-state index >= 15 is 0 Å². The van der Waals surface area contributed by atoms with Crippen molar-refractivity contribution >= 4 is 23.3 Å². The van der Waals surface area contributed by atoms with Gasteiger partial charge >= 0.3 is 0 Å². The Hall–Kier alpha value is -2.57. The van der Waals surface area contributed by atoms with Gasteiger partial charge in [0, 0.05) is 5.02 Å². The summed E-state index contributed by atoms with van der Waals surface area (Å²) < 4.78 is 0. The Kier molecular flexibility index (Phi) is 3.61. The molecular weight excluding hydrogens is 300 g/mol. The molecule has 4 rings (SSSR count). The van der Waals surface area contributed by atoms with Gasteiger partial charge in [-0.2, -0.15) is 0 Å². The third-order valence-corrected chi connectivity index (χ3v) is 4.40. The Balaban J connectivity index is 1.75. The van der Waals surface area contributed by atoms with E-state index in [1.165, 1.54) is 27.8 Å². The van der Waals surface area contributed by atoms with Crippen LogP contribution in [0.15, 0.2) is 84.9 Å². The highest BCUT2D eigenvalue weighted by molar-refractivity contribution is 6.30. The van der Waals surface area contributed by atoms with E-state index in [0.29, 0.717) is 0 Å². The highest BCUT2D eigenvalue weighted by Gasteiger charge is 2.21. The highest BCUT2D eigenvalue weighted by Crippen LogP contribution is 2.43. The van der Waals surface area contributed by atoms with Crippen molar-refractivity contribution in [2.24, 2.45) is 0 Å². The van der Waals surface area contributed by atoms with Crippen LogP contribution in [-0.4, -0.2) is 0 Å². The number of halogens is 1. The van der Waals surface area contributed by atoms with Gasteiger partial charge in [-0.15, -0.1) is 0 Å². The molecule has 0 saturated carbocycles. The summed E-state index contributed by atoms with van der Waals surface area (Å²) in [4.78, 5) is 0. The summed E-state index contributed by atoms with van der Waals surface area (Å²) >= 11 is 5.93. The highest BCUT2D eigenvalue weighted by atomic mass is 35.5. The molecule has 0 bridgehead atoms. The van der Waals surface area contributed by atoms with Crippen LogP contribution in [0.25, 0.3) is 22.8 Å². The Morgan fingerprint density at radius 3 is 1.70 bits per heavy atom. The fraction of sp³-hybridized carbons (Fsp3) is 0. The lowest BCUT2D eigenvalue weighted by molar-refractivity contribution is 1.65. The maximum Gasteiger partial charge on any atom is 0.0406 e. The maximum atomic E-state index is 5.93. The SMILES string of the molecule is Clc1ccc(C=CC=C2c3ccccc3-c3ccccc32)cc1. The molecular formula is C22H15Cl. The summed E-state index contributed by atoms with van der Waals surface area (Å²) in [5.74, 6) is 0. The van der Waals surface area contributed by atoms with Crippen LogP contribution in [0.4, 0.5) is 0 Å². The van der Waals surface area contributed by atoms with E-state index in [4.69, 9.17) is 11.6 Å². The lowest BCUT2D eigenvalue weighted by Gasteiger charge is -2.00. The quantitative estimate of drug-likeness (QED) is 0.398. The molecule has 0 radical (unpaired) electrons. The predicted molar refractivity (Wildman–Crippen MR) is 99.4 cm³/mol. The number of fused-ring (bicyclic) bond motifs is 3. The minimum atomic E-state index is 0.763. The van der Waals surface area contributed by atoms with Crippen LogP contribution in [0.3, 0.4) is 0 Å². The van der Waals surface area contributed by atoms with Crippen LogP contribution in [0.1, 0.15) is 16.7 Å². The van der Waals surface area contributed by atoms with Crippen molar-refractivity contribution in [2.45, 2.75) is 0 Å². The first-order valence-electron chi connectivity index (χ1n) is 7.66. The van der Waals surface area contributed by atoms with Gasteiger partial charge in [-0.05, 0) is 45.5 Å². The van der Waals surface area contributed by atoms with Crippen LogP contribution >= 0.6 is 11.6 Å². The van der Waals surface area contributed by atoms with Crippen LogP contribution in [-0.2, 0) is 0 Å². The molecule has 0 spiro atoms. The molecule has 0 aromatic heterocycles. The average molecular weight is 315 g/mol. The smallest absolute Gasteiger partial charge is 0.0406 e. The molecule has 3 aromatic rings. The van der Waals surface area contributed by atoms with Crippen molar-refractivity contribution < 1.29 is 0 Å². The normalized spacial score (nSPS) is 12.3. The van der Waals surface area contributed by atoms with Gasteiger partial charge < -0.3 is 0 Å². The fourth-order valence-electron chi connectivity index (χ4n) is 3.06. The summed E-state index contributed by atoms with van der Waals surface area (Å²) in [6, 6.07) is 25.0. The summed E-state index contributed by atoms with van der Waals surface area (Å²) in [6.07, 6.45) is 6.41. The van der Waals surface area contributed by atoms with Crippen LogP contribution in [0.5, 0.6) is 0 Å². The number of allylic oxidation sites excluding steroid dienone is 2. The van der Waals surface area contributed by atoms with Gasteiger partial charge in [0.2, 0.25) is 0 Å². The molecule has 0 N–H and O–H groups in total. The van der Waals surface area contributed by atoms with Gasteiger partial charge in [-0.25, -0.2) is 0 Å². The van der Waals surface area contributed by atoms with Crippen molar-refractivity contribution in [3.8, 4) is 11.1 Å². The van der Waals surface area contributed by atoms with Crippen molar-refractivity contribution in [3.05, 3.63) is 107 Å². The zero-order chi connectivity index (χ0) is 15.6. The predicted octanol–water partition coefficient (Wildman–Crippen LogP) is 6.47. The van der Waals surface area contributed by atoms with Gasteiger partial charge in [0.25, 0.3) is 0 Å². The van der Waals surface area contributed by atoms with Gasteiger partial charge in [-0.3, -0.25) is 0 Å². The molecule has 0 unspecified atom stereocenters. The monoisotopic (exact) mass is 314 g/mol. The first-order chi connectivity index (χ1) is 11.3. The zero-order valence-corrected chi connectivity index (χ0v) is 13.3. The van der Waals surface area contributed by atoms with E-state index in [2.05, 4.69) is 66.8 Å². The Morgan fingerprint density at radius 1 is 0.609 bits per heavy atom. The van der Waals surface area contributed by atoms with E-state index in [-0.39, 0.29) is 0 Å². The van der Waals surface area contributed by atoms with E-state index < -0.39 is 0 Å². The van der Waals surface area contributed by atoms with Crippen LogP contribution in [0.2, 0.25) is 5.02 Å². The summed E-state index contributed by atoms with van der Waals surface area (Å²) in [5.41, 5.74) is 7.65. The number of rotatable bonds is 2. The summed E-state index contributed by atoms with van der Waals surface area (Å²) in [5, 5.41) is 0.763. The molecule has 0 atom stereocenters. The first kappa shape index (κ1) is 14.0. The standard InChI is InChI=1S/C22H15Cl/c23-17-14-12-16(13-15-17)6-5-11-22-20-9-3-1-7-18(20)19-8-2-4-10-21(19)22/h1-15H. The van der Waals surface area contributed by atoms with Gasteiger partial charge in [0.1, 0.15) is 0 Å². The molecule has 0 saturated heterocycles. The second kappa shape index (κ2) is 5.91. The minimum Gasteiger partial charge on any atom is -0.0843 e. The molecule has 23 heavy (non-hydrogen) atoms. The van der Waals surface area contributed by atoms with Crippen molar-refractivity contribution in [3.63, 3.8) is 0 Å². The molecule has 0 nitrogen and oxygen atoms in total. The molecule has 110 valence electrons. The third-order valence-electron chi connectivity index (χ3n) is 4.15. The van der Waals surface area contributed by atoms with Crippen LogP contribution in [0, 0.1) is 0 Å². The van der Waals surface area contributed by atoms with Gasteiger partial charge in [0.05, 0.1) is 0 Å². The molecule has 3 aromatic carbocycles. The Bertz CT molecular complexity index is 867. The molecule has 0 amide bonds. The minimum absolute atomic E-state index is 0.763. The lowest BCUT2D eigenvalue weighted by atomic mass is 10.0. The topological polar surface area (TPSA) is 0 Å². The van der Waals surface area contributed by atoms with E-state index in [1.807, 2.05) is 24.3 Å². The van der Waals surface area contributed by atoms with Gasteiger partial charge in [-0.1, -0.05) is 90.5 Å². The lowest BCUT2D eigenvalue weighted by Crippen LogP contribution is -1.79. The molecule has 0 heterocycles. The molecule has 1 aliphatic carbocycles. The van der Waals surface area contributed by atoms with E-state index in [1.54, 1.807) is 0 Å². The fourth-order valence-corrected chi connectivity index (χ4v) is 3.19. The number of benzene rings is 3. The van der Waals surface area contributed by atoms with E-state index in [0.717, 1.165) is 10.6 Å². The largest absolute Gasteiger partial charge is 0.0843 e. The molecule has 1 aliphatic rings. The van der Waals surface area contributed by atoms with Crippen molar-refractivity contribution in [1.29, 1.82) is 0 Å². The first-order valence-corrected chi connectivity index (χ1v) is 8.04. The zero-order valence-electron chi connectivity index (χ0n) is 12.5. The van der Waals surface area contributed by atoms with Crippen molar-refractivity contribution in [2.75, 3.05) is 0 Å². The third kappa shape index (κ3) is 2.62. The summed E-state index contributed by atoms with van der Waals surface area (Å²) in [6.45, 7) is 0. The van der Waals surface area contributed by atoms with E-state index in [9.17, 15) is 0 Å². The molecule has 0 fully saturated rings. The van der Waals surface area contributed by atoms with Crippen LogP contribution < -0.4 is 0 Å². The number of hydrogen-bond acceptors (Lipinski definition) is 0. The second-order valence-corrected chi connectivity index (χ2v) is 6.02. The average Bonchev–Trinajstić information content (AvgIpc) is 2.91.